The van der Waals surface area contributed by atoms with Gasteiger partial charge in [0.05, 0.1) is 12.8 Å². The van der Waals surface area contributed by atoms with Gasteiger partial charge in [0.1, 0.15) is 11.4 Å². The highest BCUT2D eigenvalue weighted by molar-refractivity contribution is 6.27. The number of hydrogen-bond acceptors (Lipinski definition) is 3. The average molecular weight is 323 g/mol. The molecule has 0 amide bonds. The molecule has 2 aromatic carbocycles. The molecule has 5 heteroatoms. The van der Waals surface area contributed by atoms with Crippen LogP contribution in [0.2, 0.25) is 0 Å². The second-order valence-corrected chi connectivity index (χ2v) is 5.20. The Bertz CT molecular complexity index is 906. The number of benzene rings is 2. The lowest BCUT2D eigenvalue weighted by molar-refractivity contribution is -0.135. The van der Waals surface area contributed by atoms with Gasteiger partial charge in [0.2, 0.25) is 5.78 Å². The summed E-state index contributed by atoms with van der Waals surface area (Å²) in [5, 5.41) is 0.867. The van der Waals surface area contributed by atoms with Crippen molar-refractivity contribution in [3.63, 3.8) is 0 Å². The molecule has 0 aliphatic heterocycles. The first-order valence-corrected chi connectivity index (χ1v) is 7.26. The molecule has 4 nitrogen and oxygen atoms in total. The van der Waals surface area contributed by atoms with Crippen molar-refractivity contribution in [1.29, 1.82) is 0 Å². The van der Waals surface area contributed by atoms with Crippen LogP contribution < -0.4 is 0 Å². The number of esters is 1. The highest BCUT2D eigenvalue weighted by Gasteiger charge is 2.22. The van der Waals surface area contributed by atoms with Gasteiger partial charge in [0.25, 0.3) is 0 Å². The van der Waals surface area contributed by atoms with E-state index in [9.17, 15) is 14.0 Å². The van der Waals surface area contributed by atoms with E-state index in [0.29, 0.717) is 5.56 Å². The van der Waals surface area contributed by atoms with Crippen molar-refractivity contribution < 1.29 is 18.7 Å². The summed E-state index contributed by atoms with van der Waals surface area (Å²) in [6.07, 6.45) is 1.39. The maximum Gasteiger partial charge on any atom is 0.341 e. The van der Waals surface area contributed by atoms with E-state index in [2.05, 4.69) is 4.98 Å². The van der Waals surface area contributed by atoms with Gasteiger partial charge in [-0.3, -0.25) is 4.79 Å². The van der Waals surface area contributed by atoms with E-state index in [1.807, 2.05) is 24.3 Å². The molecule has 0 spiro atoms. The second-order valence-electron chi connectivity index (χ2n) is 5.20. The Balaban J connectivity index is 2.03. The summed E-state index contributed by atoms with van der Waals surface area (Å²) < 4.78 is 17.7. The van der Waals surface area contributed by atoms with Gasteiger partial charge >= 0.3 is 5.97 Å². The zero-order chi connectivity index (χ0) is 17.1. The van der Waals surface area contributed by atoms with Crippen LogP contribution in [0, 0.1) is 5.82 Å². The average Bonchev–Trinajstić information content (AvgIpc) is 3.04. The number of H-pyrrole nitrogens is 1. The van der Waals surface area contributed by atoms with Crippen molar-refractivity contribution in [1.82, 2.24) is 4.98 Å². The van der Waals surface area contributed by atoms with Crippen molar-refractivity contribution in [2.45, 2.75) is 0 Å². The fourth-order valence-corrected chi connectivity index (χ4v) is 2.39. The van der Waals surface area contributed by atoms with Crippen LogP contribution in [0.5, 0.6) is 0 Å². The summed E-state index contributed by atoms with van der Waals surface area (Å²) in [5.74, 6) is -1.63. The van der Waals surface area contributed by atoms with Crippen LogP contribution in [0.25, 0.3) is 17.0 Å². The molecule has 1 aromatic heterocycles. The summed E-state index contributed by atoms with van der Waals surface area (Å²) in [6, 6.07) is 14.6. The zero-order valence-electron chi connectivity index (χ0n) is 12.9. The number of aromatic nitrogens is 1. The molecule has 0 fully saturated rings. The number of rotatable bonds is 4. The van der Waals surface area contributed by atoms with E-state index in [0.717, 1.165) is 10.9 Å². The minimum Gasteiger partial charge on any atom is -0.465 e. The first-order chi connectivity index (χ1) is 11.6. The molecule has 0 atom stereocenters. The number of carbonyl (C=O) groups excluding carboxylic acids is 2. The fraction of sp³-hybridized carbons (Fsp3) is 0.0526. The minimum atomic E-state index is -0.747. The van der Waals surface area contributed by atoms with Gasteiger partial charge in [-0.15, -0.1) is 0 Å². The molecular formula is C19H14FNO3. The summed E-state index contributed by atoms with van der Waals surface area (Å²) in [5.41, 5.74) is 1.48. The highest BCUT2D eigenvalue weighted by Crippen LogP contribution is 2.19. The van der Waals surface area contributed by atoms with Gasteiger partial charge in [-0.25, -0.2) is 9.18 Å². The van der Waals surface area contributed by atoms with E-state index in [1.165, 1.54) is 37.5 Å². The Hall–Kier alpha value is -3.21. The van der Waals surface area contributed by atoms with Crippen LogP contribution in [0.15, 0.2) is 60.2 Å². The number of methoxy groups -OCH3 is 1. The number of carbonyl (C=O) groups is 2. The maximum absolute atomic E-state index is 13.0. The SMILES string of the molecule is COC(=O)/C(=C\c1ccc(F)cc1)C(=O)c1cc2ccccc2[nH]1. The van der Waals surface area contributed by atoms with Crippen LogP contribution in [-0.2, 0) is 9.53 Å². The van der Waals surface area contributed by atoms with Crippen LogP contribution in [0.4, 0.5) is 4.39 Å². The van der Waals surface area contributed by atoms with E-state index in [1.54, 1.807) is 6.07 Å². The molecule has 0 saturated carbocycles. The predicted molar refractivity (Wildman–Crippen MR) is 89.0 cm³/mol. The number of para-hydroxylation sites is 1. The molecule has 0 unspecified atom stereocenters. The van der Waals surface area contributed by atoms with E-state index in [4.69, 9.17) is 4.74 Å². The Kier molecular flexibility index (Phi) is 4.24. The molecule has 120 valence electrons. The largest absolute Gasteiger partial charge is 0.465 e. The summed E-state index contributed by atoms with van der Waals surface area (Å²) in [4.78, 5) is 27.7. The Morgan fingerprint density at radius 1 is 1.08 bits per heavy atom. The maximum atomic E-state index is 13.0. The lowest BCUT2D eigenvalue weighted by Gasteiger charge is -2.04. The van der Waals surface area contributed by atoms with E-state index >= 15 is 0 Å². The molecule has 0 aliphatic carbocycles. The van der Waals surface area contributed by atoms with Crippen LogP contribution >= 0.6 is 0 Å². The Labute approximate surface area is 137 Å². The standard InChI is InChI=1S/C19H14FNO3/c1-24-19(23)15(10-12-6-8-14(20)9-7-12)18(22)17-11-13-4-2-3-5-16(13)21-17/h2-11,21H,1H3/b15-10-. The number of ketones is 1. The Morgan fingerprint density at radius 2 is 1.79 bits per heavy atom. The van der Waals surface area contributed by atoms with Gasteiger partial charge in [0.15, 0.2) is 0 Å². The summed E-state index contributed by atoms with van der Waals surface area (Å²) >= 11 is 0. The van der Waals surface area contributed by atoms with Gasteiger partial charge < -0.3 is 9.72 Å². The predicted octanol–water partition coefficient (Wildman–Crippen LogP) is 3.75. The lowest BCUT2D eigenvalue weighted by atomic mass is 10.0. The normalized spacial score (nSPS) is 11.5. The molecule has 24 heavy (non-hydrogen) atoms. The van der Waals surface area contributed by atoms with Crippen molar-refractivity contribution in [2.75, 3.05) is 7.11 Å². The number of aromatic amines is 1. The van der Waals surface area contributed by atoms with Crippen LogP contribution in [0.3, 0.4) is 0 Å². The molecule has 3 aromatic rings. The van der Waals surface area contributed by atoms with Crippen molar-refractivity contribution >= 4 is 28.7 Å². The number of fused-ring (bicyclic) bond motifs is 1. The monoisotopic (exact) mass is 323 g/mol. The van der Waals surface area contributed by atoms with Crippen molar-refractivity contribution in [2.24, 2.45) is 0 Å². The topological polar surface area (TPSA) is 59.2 Å². The molecule has 3 rings (SSSR count). The summed E-state index contributed by atoms with van der Waals surface area (Å²) in [7, 11) is 1.21. The van der Waals surface area contributed by atoms with E-state index < -0.39 is 17.6 Å². The first-order valence-electron chi connectivity index (χ1n) is 7.26. The van der Waals surface area contributed by atoms with Gasteiger partial charge in [-0.2, -0.15) is 0 Å². The van der Waals surface area contributed by atoms with Crippen molar-refractivity contribution in [3.05, 3.63) is 77.2 Å². The molecular weight excluding hydrogens is 309 g/mol. The van der Waals surface area contributed by atoms with E-state index in [-0.39, 0.29) is 11.3 Å². The zero-order valence-corrected chi connectivity index (χ0v) is 12.9. The number of hydrogen-bond donors (Lipinski definition) is 1. The molecule has 0 saturated heterocycles. The molecule has 1 heterocycles. The van der Waals surface area contributed by atoms with Crippen LogP contribution in [0.1, 0.15) is 16.1 Å². The lowest BCUT2D eigenvalue weighted by Crippen LogP contribution is -2.15. The quantitative estimate of drug-likeness (QED) is 0.261. The summed E-state index contributed by atoms with van der Waals surface area (Å²) in [6.45, 7) is 0. The molecule has 0 aliphatic rings. The number of ether oxygens (including phenoxy) is 1. The highest BCUT2D eigenvalue weighted by atomic mass is 19.1. The molecule has 1 N–H and O–H groups in total. The van der Waals surface area contributed by atoms with Crippen molar-refractivity contribution in [3.8, 4) is 0 Å². The third-order valence-corrected chi connectivity index (χ3v) is 3.61. The number of Topliss-reactive ketones (excluding diaryl/α,β-unsaturated/α-hetero) is 1. The van der Waals surface area contributed by atoms with Crippen LogP contribution in [-0.4, -0.2) is 23.8 Å². The van der Waals surface area contributed by atoms with Gasteiger partial charge in [-0.05, 0) is 35.9 Å². The number of nitrogens with one attached hydrogen (secondary N) is 1. The third kappa shape index (κ3) is 3.10. The third-order valence-electron chi connectivity index (χ3n) is 3.61. The molecule has 0 bridgehead atoms. The smallest absolute Gasteiger partial charge is 0.341 e. The van der Waals surface area contributed by atoms with Gasteiger partial charge in [-0.1, -0.05) is 30.3 Å². The molecule has 0 radical (unpaired) electrons. The Morgan fingerprint density at radius 3 is 2.46 bits per heavy atom. The minimum absolute atomic E-state index is 0.129. The number of halogens is 1. The first kappa shape index (κ1) is 15.7. The fourth-order valence-electron chi connectivity index (χ4n) is 2.39. The van der Waals surface area contributed by atoms with Gasteiger partial charge in [0, 0.05) is 10.9 Å². The second kappa shape index (κ2) is 6.50.